The van der Waals surface area contributed by atoms with Gasteiger partial charge in [-0.15, -0.1) is 0 Å². The number of methoxy groups -OCH3 is 1. The van der Waals surface area contributed by atoms with Crippen LogP contribution in [0.25, 0.3) is 6.08 Å². The number of nitrogens with one attached hydrogen (secondary N) is 1. The molecule has 2 aliphatic rings. The van der Waals surface area contributed by atoms with Gasteiger partial charge in [-0.05, 0) is 81.3 Å². The third-order valence-electron chi connectivity index (χ3n) is 6.58. The van der Waals surface area contributed by atoms with Crippen molar-refractivity contribution in [1.29, 1.82) is 0 Å². The fraction of sp³-hybridized carbons (Fsp3) is 0.600. The summed E-state index contributed by atoms with van der Waals surface area (Å²) in [6.07, 6.45) is 9.20. The van der Waals surface area contributed by atoms with Crippen molar-refractivity contribution in [3.63, 3.8) is 0 Å². The van der Waals surface area contributed by atoms with E-state index in [1.54, 1.807) is 19.3 Å². The number of ether oxygens (including phenoxy) is 2. The van der Waals surface area contributed by atoms with Crippen LogP contribution in [0.3, 0.4) is 0 Å². The summed E-state index contributed by atoms with van der Waals surface area (Å²) in [5, 5.41) is 12.2. The summed E-state index contributed by atoms with van der Waals surface area (Å²) in [6, 6.07) is 5.90. The Morgan fingerprint density at radius 1 is 1.12 bits per heavy atom. The van der Waals surface area contributed by atoms with E-state index in [1.807, 2.05) is 18.2 Å². The van der Waals surface area contributed by atoms with Crippen LogP contribution in [0.1, 0.15) is 51.0 Å². The Labute approximate surface area is 219 Å². The first-order valence-corrected chi connectivity index (χ1v) is 11.7. The first-order chi connectivity index (χ1) is 15.4. The summed E-state index contributed by atoms with van der Waals surface area (Å²) >= 11 is 0. The number of nitrogens with zero attached hydrogens (tertiary/aromatic N) is 1. The maximum atomic E-state index is 12.2. The van der Waals surface area contributed by atoms with Crippen molar-refractivity contribution in [3.8, 4) is 11.5 Å². The molecular formula is C25H37N2NaO5. The summed E-state index contributed by atoms with van der Waals surface area (Å²) in [5.74, 6) is 1.07. The Hall–Kier alpha value is -1.54. The number of aliphatic carboxylic acids is 1. The summed E-state index contributed by atoms with van der Waals surface area (Å²) in [5.41, 5.74) is 0.873. The number of carbonyl (C=O) groups excluding carboxylic acids is 1. The Morgan fingerprint density at radius 2 is 1.82 bits per heavy atom. The van der Waals surface area contributed by atoms with Gasteiger partial charge in [0.05, 0.1) is 13.0 Å². The number of rotatable bonds is 9. The standard InChI is InChI=1S/C25H36N2O5.Na.H/c1-18-3-7-21(8-4-18)26-24(28)10-6-19-5-9-22(23(17-19)31-2)32-16-15-27-13-11-20(12-14-27)25(29)30;;/h5-6,9-10,17-18,20-21H,3-4,7-8,11-16H2,1-2H3,(H,26,28)(H,29,30);;. The molecular weight excluding hydrogens is 431 g/mol. The molecule has 0 radical (unpaired) electrons. The van der Waals surface area contributed by atoms with Crippen LogP contribution < -0.4 is 14.8 Å². The second-order valence-electron chi connectivity index (χ2n) is 9.01. The molecule has 1 saturated carbocycles. The second-order valence-corrected chi connectivity index (χ2v) is 9.01. The Bertz CT molecular complexity index is 800. The number of benzene rings is 1. The van der Waals surface area contributed by atoms with E-state index in [0.717, 1.165) is 44.0 Å². The van der Waals surface area contributed by atoms with Crippen LogP contribution in [0.15, 0.2) is 24.3 Å². The molecule has 1 aromatic carbocycles. The molecule has 2 fully saturated rings. The van der Waals surface area contributed by atoms with Crippen molar-refractivity contribution in [2.75, 3.05) is 33.4 Å². The third kappa shape index (κ3) is 8.96. The van der Waals surface area contributed by atoms with E-state index in [2.05, 4.69) is 17.1 Å². The number of carbonyl (C=O) groups is 2. The number of hydrogen-bond acceptors (Lipinski definition) is 5. The van der Waals surface area contributed by atoms with Gasteiger partial charge in [-0.2, -0.15) is 0 Å². The van der Waals surface area contributed by atoms with Gasteiger partial charge in [0.25, 0.3) is 0 Å². The van der Waals surface area contributed by atoms with Gasteiger partial charge >= 0.3 is 35.5 Å². The number of carboxylic acid groups (broad SMARTS) is 1. The topological polar surface area (TPSA) is 88.1 Å². The molecule has 0 atom stereocenters. The van der Waals surface area contributed by atoms with Gasteiger partial charge in [-0.25, -0.2) is 0 Å². The van der Waals surface area contributed by atoms with E-state index in [1.165, 1.54) is 12.8 Å². The molecule has 33 heavy (non-hydrogen) atoms. The fourth-order valence-electron chi connectivity index (χ4n) is 4.42. The number of likely N-dealkylation sites (tertiary alicyclic amines) is 1. The summed E-state index contributed by atoms with van der Waals surface area (Å²) < 4.78 is 11.4. The molecule has 1 saturated heterocycles. The zero-order chi connectivity index (χ0) is 22.9. The van der Waals surface area contributed by atoms with Gasteiger partial charge in [0.2, 0.25) is 5.91 Å². The predicted molar refractivity (Wildman–Crippen MR) is 131 cm³/mol. The monoisotopic (exact) mass is 468 g/mol. The average Bonchev–Trinajstić information content (AvgIpc) is 2.80. The molecule has 1 aliphatic carbocycles. The van der Waals surface area contributed by atoms with Gasteiger partial charge < -0.3 is 19.9 Å². The molecule has 2 N–H and O–H groups in total. The van der Waals surface area contributed by atoms with Crippen LogP contribution in [0.5, 0.6) is 11.5 Å². The van der Waals surface area contributed by atoms with E-state index in [-0.39, 0.29) is 47.4 Å². The Morgan fingerprint density at radius 3 is 2.45 bits per heavy atom. The van der Waals surface area contributed by atoms with Crippen molar-refractivity contribution in [2.45, 2.75) is 51.5 Å². The molecule has 1 aliphatic heterocycles. The average molecular weight is 469 g/mol. The molecule has 0 unspecified atom stereocenters. The molecule has 178 valence electrons. The number of hydrogen-bond donors (Lipinski definition) is 2. The van der Waals surface area contributed by atoms with Crippen LogP contribution >= 0.6 is 0 Å². The zero-order valence-corrected chi connectivity index (χ0v) is 19.2. The second kappa shape index (κ2) is 14.0. The zero-order valence-electron chi connectivity index (χ0n) is 19.2. The molecule has 1 aromatic rings. The van der Waals surface area contributed by atoms with Crippen molar-refractivity contribution in [1.82, 2.24) is 10.2 Å². The third-order valence-corrected chi connectivity index (χ3v) is 6.58. The van der Waals surface area contributed by atoms with Crippen LogP contribution in [0.2, 0.25) is 0 Å². The van der Waals surface area contributed by atoms with Gasteiger partial charge in [0.15, 0.2) is 11.5 Å². The van der Waals surface area contributed by atoms with Gasteiger partial charge in [-0.1, -0.05) is 13.0 Å². The van der Waals surface area contributed by atoms with Crippen molar-refractivity contribution in [2.24, 2.45) is 11.8 Å². The maximum absolute atomic E-state index is 12.2. The van der Waals surface area contributed by atoms with Gasteiger partial charge in [-0.3, -0.25) is 14.5 Å². The van der Waals surface area contributed by atoms with Crippen molar-refractivity contribution >= 4 is 47.5 Å². The van der Waals surface area contributed by atoms with Crippen LogP contribution in [-0.2, 0) is 9.59 Å². The van der Waals surface area contributed by atoms with Crippen molar-refractivity contribution < 1.29 is 24.2 Å². The SMILES string of the molecule is COc1cc(C=CC(=O)NC2CCC(C)CC2)ccc1OCCN1CCC(C(=O)O)CC1.[NaH]. The Kier molecular flexibility index (Phi) is 11.7. The molecule has 0 aromatic heterocycles. The van der Waals surface area contributed by atoms with E-state index in [4.69, 9.17) is 14.6 Å². The molecule has 0 spiro atoms. The normalized spacial score (nSPS) is 21.9. The van der Waals surface area contributed by atoms with Crippen LogP contribution in [-0.4, -0.2) is 90.8 Å². The molecule has 3 rings (SSSR count). The summed E-state index contributed by atoms with van der Waals surface area (Å²) in [4.78, 5) is 25.5. The van der Waals surface area contributed by atoms with Gasteiger partial charge in [0, 0.05) is 18.7 Å². The fourth-order valence-corrected chi connectivity index (χ4v) is 4.42. The van der Waals surface area contributed by atoms with Crippen molar-refractivity contribution in [3.05, 3.63) is 29.8 Å². The first kappa shape index (κ1) is 27.7. The molecule has 8 heteroatoms. The quantitative estimate of drug-likeness (QED) is 0.428. The minimum absolute atomic E-state index is 0. The summed E-state index contributed by atoms with van der Waals surface area (Å²) in [6.45, 7) is 5.08. The summed E-state index contributed by atoms with van der Waals surface area (Å²) in [7, 11) is 1.60. The molecule has 0 bridgehead atoms. The number of piperidine rings is 1. The Balaban J connectivity index is 0.00000385. The van der Waals surface area contributed by atoms with Crippen LogP contribution in [0.4, 0.5) is 0 Å². The van der Waals surface area contributed by atoms with E-state index in [0.29, 0.717) is 30.9 Å². The van der Waals surface area contributed by atoms with E-state index >= 15 is 0 Å². The predicted octanol–water partition coefficient (Wildman–Crippen LogP) is 2.93. The minimum atomic E-state index is -0.694. The number of amides is 1. The van der Waals surface area contributed by atoms with Crippen LogP contribution in [0, 0.1) is 11.8 Å². The van der Waals surface area contributed by atoms with E-state index in [9.17, 15) is 9.59 Å². The molecule has 1 amide bonds. The van der Waals surface area contributed by atoms with Gasteiger partial charge in [0.1, 0.15) is 6.61 Å². The molecule has 1 heterocycles. The first-order valence-electron chi connectivity index (χ1n) is 11.7. The number of carboxylic acids is 1. The molecule has 7 nitrogen and oxygen atoms in total. The van der Waals surface area contributed by atoms with E-state index < -0.39 is 5.97 Å².